The summed E-state index contributed by atoms with van der Waals surface area (Å²) in [5.74, 6) is -1.00. The molecule has 1 aliphatic heterocycles. The number of carbonyl (C=O) groups is 2. The van der Waals surface area contributed by atoms with Gasteiger partial charge in [0.2, 0.25) is 0 Å². The van der Waals surface area contributed by atoms with Gasteiger partial charge in [-0.2, -0.15) is 0 Å². The normalized spacial score (nSPS) is 16.2. The molecule has 1 aliphatic rings. The van der Waals surface area contributed by atoms with E-state index < -0.39 is 11.6 Å². The number of carbonyl (C=O) groups excluding carboxylic acids is 1. The van der Waals surface area contributed by atoms with Crippen molar-refractivity contribution < 1.29 is 19.4 Å². The molecule has 0 aromatic carbocycles. The van der Waals surface area contributed by atoms with Gasteiger partial charge in [-0.25, -0.2) is 9.59 Å². The molecule has 0 spiro atoms. The van der Waals surface area contributed by atoms with Crippen LogP contribution in [-0.2, 0) is 16.1 Å². The maximum absolute atomic E-state index is 12.2. The Bertz CT molecular complexity index is 514. The SMILES string of the molecule is CN(Cc1ccncc1)C(=O)N1CC(C)(OCC(=O)O)C1. The summed E-state index contributed by atoms with van der Waals surface area (Å²) in [6.07, 6.45) is 3.38. The van der Waals surface area contributed by atoms with Crippen molar-refractivity contribution in [3.05, 3.63) is 30.1 Å². The van der Waals surface area contributed by atoms with Gasteiger partial charge in [0, 0.05) is 26.0 Å². The van der Waals surface area contributed by atoms with Crippen LogP contribution in [-0.4, -0.2) is 64.2 Å². The van der Waals surface area contributed by atoms with Crippen molar-refractivity contribution in [3.63, 3.8) is 0 Å². The minimum Gasteiger partial charge on any atom is -0.480 e. The fraction of sp³-hybridized carbons (Fsp3) is 0.500. The molecule has 7 heteroatoms. The Hall–Kier alpha value is -2.15. The van der Waals surface area contributed by atoms with E-state index >= 15 is 0 Å². The summed E-state index contributed by atoms with van der Waals surface area (Å²) in [5, 5.41) is 8.60. The van der Waals surface area contributed by atoms with Crippen molar-refractivity contribution in [2.24, 2.45) is 0 Å². The standard InChI is InChI=1S/C14H19N3O4/c1-14(21-8-12(18)19)9-17(10-14)13(20)16(2)7-11-3-5-15-6-4-11/h3-6H,7-10H2,1-2H3,(H,18,19). The van der Waals surface area contributed by atoms with Crippen LogP contribution in [0.25, 0.3) is 0 Å². The number of aliphatic carboxylic acids is 1. The Balaban J connectivity index is 1.81. The van der Waals surface area contributed by atoms with Gasteiger partial charge in [-0.1, -0.05) is 0 Å². The molecule has 1 N–H and O–H groups in total. The molecule has 0 atom stereocenters. The van der Waals surface area contributed by atoms with E-state index in [-0.39, 0.29) is 12.6 Å². The molecule has 2 amide bonds. The van der Waals surface area contributed by atoms with Gasteiger partial charge in [0.15, 0.2) is 0 Å². The number of hydrogen-bond donors (Lipinski definition) is 1. The first-order chi connectivity index (χ1) is 9.89. The van der Waals surface area contributed by atoms with Crippen molar-refractivity contribution >= 4 is 12.0 Å². The number of pyridine rings is 1. The van der Waals surface area contributed by atoms with Crippen LogP contribution in [0.15, 0.2) is 24.5 Å². The summed E-state index contributed by atoms with van der Waals surface area (Å²) in [4.78, 5) is 29.9. The van der Waals surface area contributed by atoms with Crippen molar-refractivity contribution in [3.8, 4) is 0 Å². The summed E-state index contributed by atoms with van der Waals surface area (Å²) in [6, 6.07) is 3.63. The Morgan fingerprint density at radius 3 is 2.62 bits per heavy atom. The highest BCUT2D eigenvalue weighted by molar-refractivity contribution is 5.75. The highest BCUT2D eigenvalue weighted by atomic mass is 16.5. The van der Waals surface area contributed by atoms with Gasteiger partial charge in [0.05, 0.1) is 13.1 Å². The molecule has 1 saturated heterocycles. The lowest BCUT2D eigenvalue weighted by molar-refractivity contribution is -0.160. The van der Waals surface area contributed by atoms with Crippen LogP contribution >= 0.6 is 0 Å². The molecule has 0 bridgehead atoms. The number of carboxylic acids is 1. The monoisotopic (exact) mass is 293 g/mol. The summed E-state index contributed by atoms with van der Waals surface area (Å²) in [7, 11) is 1.73. The maximum atomic E-state index is 12.2. The second kappa shape index (κ2) is 6.09. The number of aromatic nitrogens is 1. The zero-order chi connectivity index (χ0) is 15.5. The third-order valence-electron chi connectivity index (χ3n) is 3.36. The van der Waals surface area contributed by atoms with Crippen LogP contribution in [0.5, 0.6) is 0 Å². The Morgan fingerprint density at radius 1 is 1.43 bits per heavy atom. The van der Waals surface area contributed by atoms with Crippen molar-refractivity contribution in [2.45, 2.75) is 19.1 Å². The van der Waals surface area contributed by atoms with Crippen LogP contribution in [0, 0.1) is 0 Å². The molecule has 0 radical (unpaired) electrons. The van der Waals surface area contributed by atoms with Gasteiger partial charge in [0.1, 0.15) is 12.2 Å². The smallest absolute Gasteiger partial charge is 0.329 e. The predicted molar refractivity (Wildman–Crippen MR) is 74.7 cm³/mol. The molecule has 1 fully saturated rings. The number of urea groups is 1. The quantitative estimate of drug-likeness (QED) is 0.868. The van der Waals surface area contributed by atoms with Crippen LogP contribution in [0.3, 0.4) is 0 Å². The van der Waals surface area contributed by atoms with E-state index in [1.807, 2.05) is 19.1 Å². The Morgan fingerprint density at radius 2 is 2.05 bits per heavy atom. The lowest BCUT2D eigenvalue weighted by atomic mass is 9.97. The number of ether oxygens (including phenoxy) is 1. The van der Waals surface area contributed by atoms with Gasteiger partial charge < -0.3 is 19.6 Å². The average Bonchev–Trinajstić information content (AvgIpc) is 2.42. The van der Waals surface area contributed by atoms with Gasteiger partial charge in [-0.05, 0) is 24.6 Å². The number of amides is 2. The van der Waals surface area contributed by atoms with E-state index in [9.17, 15) is 9.59 Å². The molecule has 0 saturated carbocycles. The van der Waals surface area contributed by atoms with E-state index in [1.54, 1.807) is 29.2 Å². The van der Waals surface area contributed by atoms with Crippen LogP contribution < -0.4 is 0 Å². The first-order valence-corrected chi connectivity index (χ1v) is 6.64. The molecule has 2 rings (SSSR count). The largest absolute Gasteiger partial charge is 0.480 e. The summed E-state index contributed by atoms with van der Waals surface area (Å²) < 4.78 is 5.29. The minimum absolute atomic E-state index is 0.0942. The predicted octanol–water partition coefficient (Wildman–Crippen LogP) is 0.809. The Kier molecular flexibility index (Phi) is 4.42. The van der Waals surface area contributed by atoms with Crippen molar-refractivity contribution in [1.82, 2.24) is 14.8 Å². The van der Waals surface area contributed by atoms with Gasteiger partial charge in [0.25, 0.3) is 0 Å². The molecule has 1 aromatic rings. The Labute approximate surface area is 123 Å². The number of nitrogens with zero attached hydrogens (tertiary/aromatic N) is 3. The molecule has 7 nitrogen and oxygen atoms in total. The third kappa shape index (κ3) is 3.91. The van der Waals surface area contributed by atoms with Crippen molar-refractivity contribution in [1.29, 1.82) is 0 Å². The van der Waals surface area contributed by atoms with Crippen LogP contribution in [0.1, 0.15) is 12.5 Å². The van der Waals surface area contributed by atoms with E-state index in [2.05, 4.69) is 4.98 Å². The molecule has 0 aliphatic carbocycles. The zero-order valence-corrected chi connectivity index (χ0v) is 12.2. The highest BCUT2D eigenvalue weighted by Gasteiger charge is 2.43. The summed E-state index contributed by atoms with van der Waals surface area (Å²) in [6.45, 7) is 2.78. The first-order valence-electron chi connectivity index (χ1n) is 6.64. The molecular formula is C14H19N3O4. The second-order valence-corrected chi connectivity index (χ2v) is 5.48. The lowest BCUT2D eigenvalue weighted by Crippen LogP contribution is -2.65. The fourth-order valence-corrected chi connectivity index (χ4v) is 2.29. The second-order valence-electron chi connectivity index (χ2n) is 5.48. The van der Waals surface area contributed by atoms with Crippen LogP contribution in [0.2, 0.25) is 0 Å². The van der Waals surface area contributed by atoms with Crippen molar-refractivity contribution in [2.75, 3.05) is 26.7 Å². The van der Waals surface area contributed by atoms with Gasteiger partial charge in [-0.15, -0.1) is 0 Å². The molecule has 1 aromatic heterocycles. The molecule has 114 valence electrons. The number of likely N-dealkylation sites (tertiary alicyclic amines) is 1. The average molecular weight is 293 g/mol. The number of hydrogen-bond acceptors (Lipinski definition) is 4. The summed E-state index contributed by atoms with van der Waals surface area (Å²) >= 11 is 0. The zero-order valence-electron chi connectivity index (χ0n) is 12.2. The lowest BCUT2D eigenvalue weighted by Gasteiger charge is -2.48. The first kappa shape index (κ1) is 15.2. The number of carboxylic acid groups (broad SMARTS) is 1. The molecule has 2 heterocycles. The van der Waals surface area contributed by atoms with Gasteiger partial charge in [-0.3, -0.25) is 4.98 Å². The highest BCUT2D eigenvalue weighted by Crippen LogP contribution is 2.25. The molecule has 0 unspecified atom stereocenters. The van der Waals surface area contributed by atoms with E-state index in [1.165, 1.54) is 0 Å². The van der Waals surface area contributed by atoms with Crippen LogP contribution in [0.4, 0.5) is 4.79 Å². The maximum Gasteiger partial charge on any atom is 0.329 e. The molecule has 21 heavy (non-hydrogen) atoms. The van der Waals surface area contributed by atoms with E-state index in [4.69, 9.17) is 9.84 Å². The minimum atomic E-state index is -1.00. The summed E-state index contributed by atoms with van der Waals surface area (Å²) in [5.41, 5.74) is 0.442. The number of rotatable bonds is 5. The van der Waals surface area contributed by atoms with E-state index in [0.29, 0.717) is 19.6 Å². The topological polar surface area (TPSA) is 83.0 Å². The molecular weight excluding hydrogens is 274 g/mol. The third-order valence-corrected chi connectivity index (χ3v) is 3.36. The van der Waals surface area contributed by atoms with E-state index in [0.717, 1.165) is 5.56 Å². The van der Waals surface area contributed by atoms with Gasteiger partial charge >= 0.3 is 12.0 Å². The fourth-order valence-electron chi connectivity index (χ4n) is 2.29.